The number of alkyl halides is 3. The summed E-state index contributed by atoms with van der Waals surface area (Å²) in [5.74, 6) is 0.574. The number of hydrogen-bond donors (Lipinski definition) is 1. The number of aromatic nitrogens is 3. The quantitative estimate of drug-likeness (QED) is 0.539. The van der Waals surface area contributed by atoms with Crippen LogP contribution in [-0.4, -0.2) is 56.9 Å². The van der Waals surface area contributed by atoms with Crippen LogP contribution in [0, 0.1) is 11.8 Å². The first kappa shape index (κ1) is 25.9. The van der Waals surface area contributed by atoms with Gasteiger partial charge in [0.05, 0.1) is 6.04 Å². The normalized spacial score (nSPS) is 22.0. The molecule has 0 spiro atoms. The van der Waals surface area contributed by atoms with Crippen LogP contribution in [0.4, 0.5) is 23.9 Å². The molecule has 198 valence electrons. The molecule has 1 saturated heterocycles. The minimum atomic E-state index is -4.80. The first-order valence-corrected chi connectivity index (χ1v) is 12.0. The van der Waals surface area contributed by atoms with E-state index in [2.05, 4.69) is 20.1 Å². The summed E-state index contributed by atoms with van der Waals surface area (Å²) >= 11 is 0. The summed E-state index contributed by atoms with van der Waals surface area (Å²) in [6, 6.07) is 5.39. The lowest BCUT2D eigenvalue weighted by Crippen LogP contribution is -2.51. The lowest BCUT2D eigenvalue weighted by molar-refractivity contribution is -0.274. The van der Waals surface area contributed by atoms with Crippen LogP contribution in [0.5, 0.6) is 17.5 Å². The second-order valence-corrected chi connectivity index (χ2v) is 10.5. The summed E-state index contributed by atoms with van der Waals surface area (Å²) in [6.07, 6.45) is -3.15. The van der Waals surface area contributed by atoms with E-state index in [9.17, 15) is 18.0 Å². The molecule has 1 aromatic heterocycles. The summed E-state index contributed by atoms with van der Waals surface area (Å²) in [6.45, 7) is 10.5. The molecule has 9 nitrogen and oxygen atoms in total. The van der Waals surface area contributed by atoms with Crippen molar-refractivity contribution in [3.05, 3.63) is 24.3 Å². The van der Waals surface area contributed by atoms with Crippen molar-refractivity contribution in [1.29, 1.82) is 0 Å². The third kappa shape index (κ3) is 6.33. The van der Waals surface area contributed by atoms with Crippen molar-refractivity contribution >= 4 is 12.0 Å². The molecule has 1 aliphatic heterocycles. The summed E-state index contributed by atoms with van der Waals surface area (Å²) in [5, 5.41) is 7.95. The molecule has 1 aliphatic carbocycles. The summed E-state index contributed by atoms with van der Waals surface area (Å²) in [4.78, 5) is 18.8. The van der Waals surface area contributed by atoms with Crippen molar-refractivity contribution in [3.8, 4) is 17.5 Å². The van der Waals surface area contributed by atoms with Crippen molar-refractivity contribution in [3.63, 3.8) is 0 Å². The highest BCUT2D eigenvalue weighted by atomic mass is 19.4. The summed E-state index contributed by atoms with van der Waals surface area (Å²) < 4.78 is 54.6. The van der Waals surface area contributed by atoms with Gasteiger partial charge in [-0.15, -0.1) is 18.3 Å². The molecule has 1 aromatic carbocycles. The predicted octanol–water partition coefficient (Wildman–Crippen LogP) is 5.61. The van der Waals surface area contributed by atoms with Gasteiger partial charge in [0.25, 0.3) is 0 Å². The number of hydrogen-bond acceptors (Lipinski definition) is 7. The van der Waals surface area contributed by atoms with Gasteiger partial charge >= 0.3 is 18.5 Å². The second-order valence-electron chi connectivity index (χ2n) is 10.5. The topological polar surface area (TPSA) is 90.7 Å². The average molecular weight is 512 g/mol. The van der Waals surface area contributed by atoms with Gasteiger partial charge in [0.2, 0.25) is 5.95 Å². The lowest BCUT2D eigenvalue weighted by atomic mass is 9.92. The number of carbonyl (C=O) groups is 1. The molecule has 36 heavy (non-hydrogen) atoms. The van der Waals surface area contributed by atoms with Gasteiger partial charge in [-0.05, 0) is 71.4 Å². The van der Waals surface area contributed by atoms with Crippen LogP contribution in [0.25, 0.3) is 0 Å². The van der Waals surface area contributed by atoms with E-state index in [4.69, 9.17) is 9.47 Å². The Bertz CT molecular complexity index is 1070. The molecule has 1 saturated carbocycles. The van der Waals surface area contributed by atoms with Gasteiger partial charge in [-0.2, -0.15) is 4.98 Å². The number of halogens is 3. The molecule has 12 heteroatoms. The van der Waals surface area contributed by atoms with E-state index >= 15 is 0 Å². The zero-order chi connectivity index (χ0) is 26.3. The Hall–Kier alpha value is -3.18. The highest BCUT2D eigenvalue weighted by Gasteiger charge is 2.44. The van der Waals surface area contributed by atoms with Crippen molar-refractivity contribution in [2.75, 3.05) is 18.4 Å². The number of piperidine rings is 1. The minimum absolute atomic E-state index is 0.0862. The average Bonchev–Trinajstić information content (AvgIpc) is 3.22. The number of carbonyl (C=O) groups excluding carboxylic acids is 1. The molecule has 2 bridgehead atoms. The number of nitrogens with zero attached hydrogens (tertiary/aromatic N) is 4. The van der Waals surface area contributed by atoms with Crippen LogP contribution in [0.15, 0.2) is 24.3 Å². The molecule has 0 radical (unpaired) electrons. The van der Waals surface area contributed by atoms with Gasteiger partial charge in [0.15, 0.2) is 0 Å². The van der Waals surface area contributed by atoms with E-state index < -0.39 is 12.0 Å². The second kappa shape index (κ2) is 9.70. The first-order chi connectivity index (χ1) is 16.8. The van der Waals surface area contributed by atoms with Crippen LogP contribution in [-0.2, 0) is 4.74 Å². The van der Waals surface area contributed by atoms with Crippen LogP contribution < -0.4 is 14.8 Å². The Balaban J connectivity index is 1.46. The standard InChI is InChI=1S/C24H32F3N5O4/c1-14(2)32-21(34-17-7-6-8-18(11-17)35-24(25,26)27)29-20(30-32)28-19-15-9-10-16(19)13-31(12-15)22(33)36-23(3,4)5/h6-8,11,14-16,19H,9-10,12-13H2,1-5H3,(H,28,30)/t15-,16+,19-. The number of anilines is 1. The fraction of sp³-hybridized carbons (Fsp3) is 0.625. The number of amides is 1. The fourth-order valence-electron chi connectivity index (χ4n) is 4.70. The van der Waals surface area contributed by atoms with E-state index in [1.165, 1.54) is 18.2 Å². The van der Waals surface area contributed by atoms with E-state index in [0.29, 0.717) is 19.0 Å². The first-order valence-electron chi connectivity index (χ1n) is 12.0. The minimum Gasteiger partial charge on any atom is -0.444 e. The fourth-order valence-corrected chi connectivity index (χ4v) is 4.70. The molecule has 3 atom stereocenters. The van der Waals surface area contributed by atoms with Crippen molar-refractivity contribution < 1.29 is 32.2 Å². The van der Waals surface area contributed by atoms with Crippen molar-refractivity contribution in [2.45, 2.75) is 71.5 Å². The molecule has 4 rings (SSSR count). The highest BCUT2D eigenvalue weighted by molar-refractivity contribution is 5.68. The molecule has 1 N–H and O–H groups in total. The smallest absolute Gasteiger partial charge is 0.444 e. The Labute approximate surface area is 207 Å². The largest absolute Gasteiger partial charge is 0.573 e. The van der Waals surface area contributed by atoms with E-state index in [1.54, 1.807) is 9.58 Å². The SMILES string of the molecule is CC(C)n1nc(N[C@@H]2[C@@H]3CC[C@H]2CN(C(=O)OC(C)(C)C)C3)nc1Oc1cccc(OC(F)(F)F)c1. The number of ether oxygens (including phenoxy) is 3. The van der Waals surface area contributed by atoms with Gasteiger partial charge in [-0.3, -0.25) is 0 Å². The molecule has 2 aromatic rings. The zero-order valence-corrected chi connectivity index (χ0v) is 21.0. The lowest BCUT2D eigenvalue weighted by Gasteiger charge is -2.38. The number of benzene rings is 1. The van der Waals surface area contributed by atoms with E-state index in [1.807, 2.05) is 34.6 Å². The Morgan fingerprint density at radius 2 is 1.75 bits per heavy atom. The maximum atomic E-state index is 12.6. The Morgan fingerprint density at radius 1 is 1.11 bits per heavy atom. The van der Waals surface area contributed by atoms with Crippen LogP contribution >= 0.6 is 0 Å². The molecule has 2 heterocycles. The van der Waals surface area contributed by atoms with Crippen LogP contribution in [0.2, 0.25) is 0 Å². The number of nitrogens with one attached hydrogen (secondary N) is 1. The van der Waals surface area contributed by atoms with Crippen molar-refractivity contribution in [2.24, 2.45) is 11.8 Å². The number of rotatable bonds is 6. The highest BCUT2D eigenvalue weighted by Crippen LogP contribution is 2.39. The van der Waals surface area contributed by atoms with Gasteiger partial charge < -0.3 is 24.4 Å². The van der Waals surface area contributed by atoms with Gasteiger partial charge in [0.1, 0.15) is 17.1 Å². The molecule has 2 aliphatic rings. The van der Waals surface area contributed by atoms with E-state index in [0.717, 1.165) is 18.9 Å². The third-order valence-corrected chi connectivity index (χ3v) is 6.12. The Morgan fingerprint density at radius 3 is 2.33 bits per heavy atom. The maximum absolute atomic E-state index is 12.6. The van der Waals surface area contributed by atoms with Gasteiger partial charge in [-0.1, -0.05) is 6.07 Å². The Kier molecular flexibility index (Phi) is 6.98. The monoisotopic (exact) mass is 511 g/mol. The summed E-state index contributed by atoms with van der Waals surface area (Å²) in [5.41, 5.74) is -0.548. The molecular weight excluding hydrogens is 479 g/mol. The molecule has 2 fully saturated rings. The van der Waals surface area contributed by atoms with Crippen molar-refractivity contribution in [1.82, 2.24) is 19.7 Å². The predicted molar refractivity (Wildman–Crippen MR) is 125 cm³/mol. The van der Waals surface area contributed by atoms with Crippen LogP contribution in [0.3, 0.4) is 0 Å². The maximum Gasteiger partial charge on any atom is 0.573 e. The van der Waals surface area contributed by atoms with Gasteiger partial charge in [-0.25, -0.2) is 9.48 Å². The van der Waals surface area contributed by atoms with Gasteiger partial charge in [0, 0.05) is 25.2 Å². The van der Waals surface area contributed by atoms with E-state index in [-0.39, 0.29) is 47.5 Å². The van der Waals surface area contributed by atoms with Crippen LogP contribution in [0.1, 0.15) is 53.5 Å². The number of likely N-dealkylation sites (tertiary alicyclic amines) is 1. The zero-order valence-electron chi connectivity index (χ0n) is 21.0. The third-order valence-electron chi connectivity index (χ3n) is 6.12. The summed E-state index contributed by atoms with van der Waals surface area (Å²) in [7, 11) is 0. The molecule has 0 unspecified atom stereocenters. The molecular formula is C24H32F3N5O4. The number of fused-ring (bicyclic) bond motifs is 2. The molecule has 1 amide bonds.